The van der Waals surface area contributed by atoms with Gasteiger partial charge in [0, 0.05) is 13.6 Å². The number of ether oxygens (including phenoxy) is 1. The van der Waals surface area contributed by atoms with Gasteiger partial charge < -0.3 is 20.1 Å². The average Bonchev–Trinajstić information content (AvgIpc) is 2.46. The number of amides is 2. The molecule has 1 aromatic rings. The highest BCUT2D eigenvalue weighted by atomic mass is 16.5. The van der Waals surface area contributed by atoms with Crippen LogP contribution in [0.5, 0.6) is 5.75 Å². The minimum atomic E-state index is -0.184. The Balaban J connectivity index is 2.40. The van der Waals surface area contributed by atoms with Gasteiger partial charge in [0.1, 0.15) is 5.75 Å². The highest BCUT2D eigenvalue weighted by molar-refractivity contribution is 5.74. The molecule has 0 aliphatic carbocycles. The normalized spacial score (nSPS) is 11.8. The van der Waals surface area contributed by atoms with Gasteiger partial charge in [-0.2, -0.15) is 0 Å². The molecule has 1 aromatic carbocycles. The molecule has 20 heavy (non-hydrogen) atoms. The number of benzene rings is 1. The molecule has 5 heteroatoms. The summed E-state index contributed by atoms with van der Waals surface area (Å²) in [4.78, 5) is 13.3. The third kappa shape index (κ3) is 5.09. The number of nitrogens with zero attached hydrogens (tertiary/aromatic N) is 1. The van der Waals surface area contributed by atoms with Gasteiger partial charge in [-0.15, -0.1) is 0 Å². The van der Waals surface area contributed by atoms with Crippen molar-refractivity contribution >= 4 is 6.03 Å². The first-order valence-electron chi connectivity index (χ1n) is 6.91. The highest BCUT2D eigenvalue weighted by Gasteiger charge is 2.13. The predicted molar refractivity (Wildman–Crippen MR) is 79.0 cm³/mol. The maximum Gasteiger partial charge on any atom is 0.317 e. The molecule has 1 rings (SSSR count). The van der Waals surface area contributed by atoms with Gasteiger partial charge in [0.25, 0.3) is 0 Å². The zero-order chi connectivity index (χ0) is 15.0. The minimum Gasteiger partial charge on any atom is -0.494 e. The van der Waals surface area contributed by atoms with Crippen LogP contribution < -0.4 is 10.1 Å². The van der Waals surface area contributed by atoms with Gasteiger partial charge in [-0.1, -0.05) is 12.1 Å². The summed E-state index contributed by atoms with van der Waals surface area (Å²) in [5.41, 5.74) is 1.12. The summed E-state index contributed by atoms with van der Waals surface area (Å²) in [6.07, 6.45) is 0.744. The molecule has 0 aliphatic heterocycles. The van der Waals surface area contributed by atoms with Gasteiger partial charge in [-0.3, -0.25) is 0 Å². The standard InChI is InChI=1S/C15H24N2O3/c1-4-20-14-7-5-6-13(10-14)8-9-16-15(19)17(3)12(2)11-18/h5-7,10,12,18H,4,8-9,11H2,1-3H3,(H,16,19). The fraction of sp³-hybridized carbons (Fsp3) is 0.533. The Hall–Kier alpha value is -1.75. The van der Waals surface area contributed by atoms with Crippen molar-refractivity contribution in [3.8, 4) is 5.75 Å². The summed E-state index contributed by atoms with van der Waals surface area (Å²) in [6, 6.07) is 7.50. The van der Waals surface area contributed by atoms with E-state index in [1.807, 2.05) is 31.2 Å². The summed E-state index contributed by atoms with van der Waals surface area (Å²) < 4.78 is 5.43. The minimum absolute atomic E-state index is 0.0413. The number of aliphatic hydroxyl groups is 1. The van der Waals surface area contributed by atoms with E-state index >= 15 is 0 Å². The molecule has 0 saturated heterocycles. The van der Waals surface area contributed by atoms with Crippen LogP contribution in [0.1, 0.15) is 19.4 Å². The van der Waals surface area contributed by atoms with E-state index in [1.165, 1.54) is 4.90 Å². The largest absolute Gasteiger partial charge is 0.494 e. The van der Waals surface area contributed by atoms with E-state index < -0.39 is 0 Å². The number of nitrogens with one attached hydrogen (secondary N) is 1. The van der Waals surface area contributed by atoms with Crippen LogP contribution in [0, 0.1) is 0 Å². The van der Waals surface area contributed by atoms with Crippen molar-refractivity contribution in [3.05, 3.63) is 29.8 Å². The molecular weight excluding hydrogens is 256 g/mol. The lowest BCUT2D eigenvalue weighted by Gasteiger charge is -2.23. The Morgan fingerprint density at radius 1 is 1.50 bits per heavy atom. The van der Waals surface area contributed by atoms with Gasteiger partial charge in [-0.05, 0) is 38.0 Å². The molecule has 0 spiro atoms. The Morgan fingerprint density at radius 3 is 2.90 bits per heavy atom. The second-order valence-electron chi connectivity index (χ2n) is 4.70. The molecule has 5 nitrogen and oxygen atoms in total. The van der Waals surface area contributed by atoms with E-state index in [4.69, 9.17) is 9.84 Å². The number of carbonyl (C=O) groups excluding carboxylic acids is 1. The van der Waals surface area contributed by atoms with E-state index in [0.717, 1.165) is 17.7 Å². The lowest BCUT2D eigenvalue weighted by atomic mass is 10.1. The summed E-state index contributed by atoms with van der Waals surface area (Å²) in [7, 11) is 1.67. The molecular formula is C15H24N2O3. The van der Waals surface area contributed by atoms with Crippen LogP contribution in [0.3, 0.4) is 0 Å². The van der Waals surface area contributed by atoms with E-state index in [2.05, 4.69) is 5.32 Å². The molecule has 0 radical (unpaired) electrons. The van der Waals surface area contributed by atoms with Crippen LogP contribution in [0.25, 0.3) is 0 Å². The first-order valence-corrected chi connectivity index (χ1v) is 6.91. The molecule has 112 valence electrons. The molecule has 2 amide bonds. The summed E-state index contributed by atoms with van der Waals surface area (Å²) in [5, 5.41) is 11.8. The molecule has 0 aromatic heterocycles. The lowest BCUT2D eigenvalue weighted by molar-refractivity contribution is 0.157. The number of aliphatic hydroxyl groups excluding tert-OH is 1. The Labute approximate surface area is 120 Å². The second kappa shape index (κ2) is 8.43. The average molecular weight is 280 g/mol. The van der Waals surface area contributed by atoms with Crippen molar-refractivity contribution in [3.63, 3.8) is 0 Å². The number of rotatable bonds is 7. The SMILES string of the molecule is CCOc1cccc(CCNC(=O)N(C)C(C)CO)c1. The molecule has 0 bridgehead atoms. The Morgan fingerprint density at radius 2 is 2.25 bits per heavy atom. The number of urea groups is 1. The number of hydrogen-bond acceptors (Lipinski definition) is 3. The first kappa shape index (κ1) is 16.3. The van der Waals surface area contributed by atoms with Gasteiger partial charge in [-0.25, -0.2) is 4.79 Å². The topological polar surface area (TPSA) is 61.8 Å². The van der Waals surface area contributed by atoms with E-state index in [9.17, 15) is 4.79 Å². The predicted octanol–water partition coefficient (Wildman–Crippen LogP) is 1.65. The van der Waals surface area contributed by atoms with Gasteiger partial charge in [0.2, 0.25) is 0 Å². The molecule has 1 unspecified atom stereocenters. The molecule has 0 saturated carbocycles. The van der Waals surface area contributed by atoms with Crippen LogP contribution in [-0.2, 0) is 6.42 Å². The van der Waals surface area contributed by atoms with Crippen LogP contribution in [0.4, 0.5) is 4.79 Å². The molecule has 0 heterocycles. The lowest BCUT2D eigenvalue weighted by Crippen LogP contribution is -2.44. The maximum absolute atomic E-state index is 11.8. The number of hydrogen-bond donors (Lipinski definition) is 2. The molecule has 1 atom stereocenters. The van der Waals surface area contributed by atoms with Crippen LogP contribution in [0.2, 0.25) is 0 Å². The molecule has 0 fully saturated rings. The quantitative estimate of drug-likeness (QED) is 0.798. The zero-order valence-electron chi connectivity index (χ0n) is 12.4. The smallest absolute Gasteiger partial charge is 0.317 e. The van der Waals surface area contributed by atoms with Crippen LogP contribution in [0.15, 0.2) is 24.3 Å². The third-order valence-electron chi connectivity index (χ3n) is 3.15. The van der Waals surface area contributed by atoms with Crippen molar-refractivity contribution in [1.82, 2.24) is 10.2 Å². The summed E-state index contributed by atoms with van der Waals surface area (Å²) in [5.74, 6) is 0.849. The Bertz CT molecular complexity index is 423. The summed E-state index contributed by atoms with van der Waals surface area (Å²) in [6.45, 7) is 4.90. The highest BCUT2D eigenvalue weighted by Crippen LogP contribution is 2.13. The van der Waals surface area contributed by atoms with Crippen molar-refractivity contribution in [2.75, 3.05) is 26.8 Å². The van der Waals surface area contributed by atoms with Gasteiger partial charge in [0.05, 0.1) is 19.3 Å². The fourth-order valence-corrected chi connectivity index (χ4v) is 1.72. The van der Waals surface area contributed by atoms with E-state index in [0.29, 0.717) is 13.2 Å². The van der Waals surface area contributed by atoms with Gasteiger partial charge in [0.15, 0.2) is 0 Å². The van der Waals surface area contributed by atoms with Crippen molar-refractivity contribution < 1.29 is 14.6 Å². The van der Waals surface area contributed by atoms with E-state index in [1.54, 1.807) is 14.0 Å². The zero-order valence-corrected chi connectivity index (χ0v) is 12.4. The van der Waals surface area contributed by atoms with Crippen molar-refractivity contribution in [1.29, 1.82) is 0 Å². The fourth-order valence-electron chi connectivity index (χ4n) is 1.72. The second-order valence-corrected chi connectivity index (χ2v) is 4.70. The monoisotopic (exact) mass is 280 g/mol. The van der Waals surface area contributed by atoms with Crippen molar-refractivity contribution in [2.24, 2.45) is 0 Å². The molecule has 0 aliphatic rings. The van der Waals surface area contributed by atoms with Crippen LogP contribution in [-0.4, -0.2) is 48.9 Å². The first-order chi connectivity index (χ1) is 9.58. The molecule has 2 N–H and O–H groups in total. The maximum atomic E-state index is 11.8. The summed E-state index contributed by atoms with van der Waals surface area (Å²) >= 11 is 0. The number of likely N-dealkylation sites (N-methyl/N-ethyl adjacent to an activating group) is 1. The van der Waals surface area contributed by atoms with Gasteiger partial charge >= 0.3 is 6.03 Å². The van der Waals surface area contributed by atoms with Crippen molar-refractivity contribution in [2.45, 2.75) is 26.3 Å². The van der Waals surface area contributed by atoms with Crippen LogP contribution >= 0.6 is 0 Å². The third-order valence-corrected chi connectivity index (χ3v) is 3.15. The van der Waals surface area contributed by atoms with E-state index in [-0.39, 0.29) is 18.7 Å². The number of carbonyl (C=O) groups is 1. The Kier molecular flexibility index (Phi) is 6.87.